The summed E-state index contributed by atoms with van der Waals surface area (Å²) in [5.74, 6) is 2.13. The lowest BCUT2D eigenvalue weighted by Crippen LogP contribution is -2.61. The molecule has 1 saturated carbocycles. The van der Waals surface area contributed by atoms with Gasteiger partial charge in [0.25, 0.3) is 0 Å². The molecule has 0 spiro atoms. The fraction of sp³-hybridized carbons (Fsp3) is 0.629. The van der Waals surface area contributed by atoms with Crippen LogP contribution in [0, 0.1) is 11.8 Å². The van der Waals surface area contributed by atoms with Crippen molar-refractivity contribution >= 4 is 17.2 Å². The fourth-order valence-electron chi connectivity index (χ4n) is 6.45. The molecule has 2 fully saturated rings. The number of likely N-dealkylation sites (tertiary alicyclic amines) is 1. The van der Waals surface area contributed by atoms with Gasteiger partial charge in [0.1, 0.15) is 12.4 Å². The molecular weight excluding hydrogens is 560 g/mol. The number of carbonyl (C=O) groups excluding carboxylic acids is 1. The zero-order valence-electron chi connectivity index (χ0n) is 26.7. The van der Waals surface area contributed by atoms with Gasteiger partial charge in [-0.1, -0.05) is 26.0 Å². The van der Waals surface area contributed by atoms with E-state index in [0.717, 1.165) is 48.1 Å². The standard InChI is InChI=1S/C35H50N2O7/c1-26-33-34(38)29-11-10-28(24-30(29)35(26,2)12-13-37(33)25-27-8-9-27)36-31-6-4-5-7-32(31)44-23-22-43-21-20-42-19-18-41-17-16-40-15-14-39-3/h4-7,10-11,24,26-27,33,36H,8-9,12-23,25H2,1-3H3/t26-,33-,35+/m0/s1. The summed E-state index contributed by atoms with van der Waals surface area (Å²) in [5.41, 5.74) is 3.90. The summed E-state index contributed by atoms with van der Waals surface area (Å²) in [6.45, 7) is 11.9. The van der Waals surface area contributed by atoms with Crippen LogP contribution in [0.4, 0.5) is 11.4 Å². The number of methoxy groups -OCH3 is 1. The summed E-state index contributed by atoms with van der Waals surface area (Å²) in [5, 5.41) is 3.56. The topological polar surface area (TPSA) is 87.7 Å². The Morgan fingerprint density at radius 3 is 2.16 bits per heavy atom. The Hall–Kier alpha value is -2.53. The Kier molecular flexibility index (Phi) is 12.1. The lowest BCUT2D eigenvalue weighted by atomic mass is 9.58. The number of rotatable bonds is 20. The lowest BCUT2D eigenvalue weighted by Gasteiger charge is -2.53. The number of hydrogen-bond donors (Lipinski definition) is 1. The lowest BCUT2D eigenvalue weighted by molar-refractivity contribution is -0.00976. The normalized spacial score (nSPS) is 23.0. The highest BCUT2D eigenvalue weighted by Crippen LogP contribution is 2.50. The largest absolute Gasteiger partial charge is 0.489 e. The SMILES string of the molecule is COCCOCCOCCOCCOCCOc1ccccc1Nc1ccc2c(c1)[C@]1(C)CCN(CC3CC3)[C@H](C2=O)[C@@H]1C. The van der Waals surface area contributed by atoms with Gasteiger partial charge in [0, 0.05) is 24.9 Å². The number of Topliss-reactive ketones (excluding diaryl/α,β-unsaturated/α-hetero) is 1. The van der Waals surface area contributed by atoms with Gasteiger partial charge in [0.05, 0.1) is 71.2 Å². The summed E-state index contributed by atoms with van der Waals surface area (Å²) >= 11 is 0. The third-order valence-corrected chi connectivity index (χ3v) is 9.35. The molecule has 242 valence electrons. The van der Waals surface area contributed by atoms with Crippen LogP contribution in [0.2, 0.25) is 0 Å². The molecule has 3 atom stereocenters. The van der Waals surface area contributed by atoms with E-state index in [1.165, 1.54) is 18.4 Å². The Morgan fingerprint density at radius 1 is 0.864 bits per heavy atom. The molecule has 44 heavy (non-hydrogen) atoms. The van der Waals surface area contributed by atoms with Crippen LogP contribution in [-0.4, -0.2) is 103 Å². The van der Waals surface area contributed by atoms with E-state index in [1.54, 1.807) is 7.11 Å². The number of anilines is 2. The van der Waals surface area contributed by atoms with Crippen molar-refractivity contribution in [1.29, 1.82) is 0 Å². The van der Waals surface area contributed by atoms with Crippen LogP contribution in [0.5, 0.6) is 5.75 Å². The minimum atomic E-state index is -0.0191. The summed E-state index contributed by atoms with van der Waals surface area (Å²) in [4.78, 5) is 16.2. The number of piperidine rings is 1. The highest BCUT2D eigenvalue weighted by molar-refractivity contribution is 6.04. The van der Waals surface area contributed by atoms with Crippen LogP contribution in [0.15, 0.2) is 42.5 Å². The Balaban J connectivity index is 1.05. The maximum atomic E-state index is 13.7. The predicted molar refractivity (Wildman–Crippen MR) is 170 cm³/mol. The molecule has 0 radical (unpaired) electrons. The first kappa shape index (κ1) is 32.9. The van der Waals surface area contributed by atoms with E-state index in [0.29, 0.717) is 71.9 Å². The predicted octanol–water partition coefficient (Wildman–Crippen LogP) is 5.10. The molecule has 0 unspecified atom stereocenters. The number of ether oxygens (including phenoxy) is 6. The fourth-order valence-corrected chi connectivity index (χ4v) is 6.45. The summed E-state index contributed by atoms with van der Waals surface area (Å²) in [6.07, 6.45) is 3.70. The minimum absolute atomic E-state index is 0.000399. The molecular formula is C35H50N2O7. The molecule has 9 heteroatoms. The number of hydrogen-bond acceptors (Lipinski definition) is 9. The van der Waals surface area contributed by atoms with Gasteiger partial charge < -0.3 is 33.7 Å². The molecule has 2 aliphatic carbocycles. The highest BCUT2D eigenvalue weighted by Gasteiger charge is 2.52. The molecule has 1 N–H and O–H groups in total. The number of para-hydroxylation sites is 2. The van der Waals surface area contributed by atoms with Gasteiger partial charge in [-0.2, -0.15) is 0 Å². The van der Waals surface area contributed by atoms with Gasteiger partial charge >= 0.3 is 0 Å². The first-order chi connectivity index (χ1) is 21.5. The van der Waals surface area contributed by atoms with E-state index >= 15 is 0 Å². The average molecular weight is 611 g/mol. The van der Waals surface area contributed by atoms with Gasteiger partial charge in [0.15, 0.2) is 5.78 Å². The summed E-state index contributed by atoms with van der Waals surface area (Å²) < 4.78 is 33.0. The number of nitrogens with one attached hydrogen (secondary N) is 1. The number of ketones is 1. The molecule has 2 bridgehead atoms. The zero-order valence-corrected chi connectivity index (χ0v) is 26.7. The second-order valence-electron chi connectivity index (χ2n) is 12.4. The third kappa shape index (κ3) is 8.38. The van der Waals surface area contributed by atoms with Crippen molar-refractivity contribution in [3.63, 3.8) is 0 Å². The molecule has 3 aliphatic rings. The Labute approximate surface area is 262 Å². The summed E-state index contributed by atoms with van der Waals surface area (Å²) in [6, 6.07) is 14.2. The monoisotopic (exact) mass is 610 g/mol. The van der Waals surface area contributed by atoms with E-state index in [-0.39, 0.29) is 17.4 Å². The van der Waals surface area contributed by atoms with E-state index < -0.39 is 0 Å². The number of benzene rings is 2. The van der Waals surface area contributed by atoms with E-state index in [4.69, 9.17) is 28.4 Å². The molecule has 0 amide bonds. The molecule has 1 saturated heterocycles. The first-order valence-electron chi connectivity index (χ1n) is 16.2. The van der Waals surface area contributed by atoms with E-state index in [9.17, 15) is 4.79 Å². The van der Waals surface area contributed by atoms with Crippen molar-refractivity contribution in [2.45, 2.75) is 44.6 Å². The van der Waals surface area contributed by atoms with E-state index in [2.05, 4.69) is 30.1 Å². The minimum Gasteiger partial charge on any atom is -0.489 e. The maximum Gasteiger partial charge on any atom is 0.180 e. The van der Waals surface area contributed by atoms with Gasteiger partial charge in [0.2, 0.25) is 0 Å². The van der Waals surface area contributed by atoms with Gasteiger partial charge in [-0.15, -0.1) is 0 Å². The number of fused-ring (bicyclic) bond motifs is 4. The third-order valence-electron chi connectivity index (χ3n) is 9.35. The van der Waals surface area contributed by atoms with Crippen molar-refractivity contribution in [2.75, 3.05) is 91.6 Å². The smallest absolute Gasteiger partial charge is 0.180 e. The van der Waals surface area contributed by atoms with Crippen LogP contribution in [0.25, 0.3) is 0 Å². The quantitative estimate of drug-likeness (QED) is 0.206. The summed E-state index contributed by atoms with van der Waals surface area (Å²) in [7, 11) is 1.65. The molecule has 5 rings (SSSR count). The second kappa shape index (κ2) is 16.2. The van der Waals surface area contributed by atoms with Crippen molar-refractivity contribution in [2.24, 2.45) is 11.8 Å². The van der Waals surface area contributed by atoms with Crippen molar-refractivity contribution in [3.05, 3.63) is 53.6 Å². The zero-order chi connectivity index (χ0) is 30.8. The van der Waals surface area contributed by atoms with Crippen molar-refractivity contribution in [3.8, 4) is 5.75 Å². The maximum absolute atomic E-state index is 13.7. The van der Waals surface area contributed by atoms with Crippen LogP contribution < -0.4 is 10.1 Å². The molecule has 0 aromatic heterocycles. The molecule has 9 nitrogen and oxygen atoms in total. The second-order valence-corrected chi connectivity index (χ2v) is 12.4. The Morgan fingerprint density at radius 2 is 1.50 bits per heavy atom. The average Bonchev–Trinajstić information content (AvgIpc) is 3.85. The van der Waals surface area contributed by atoms with Crippen molar-refractivity contribution in [1.82, 2.24) is 4.90 Å². The Bertz CT molecular complexity index is 1210. The van der Waals surface area contributed by atoms with Crippen LogP contribution >= 0.6 is 0 Å². The van der Waals surface area contributed by atoms with Gasteiger partial charge in [-0.25, -0.2) is 0 Å². The molecule has 1 aliphatic heterocycles. The first-order valence-corrected chi connectivity index (χ1v) is 16.2. The molecule has 2 aromatic carbocycles. The van der Waals surface area contributed by atoms with E-state index in [1.807, 2.05) is 36.4 Å². The molecule has 1 heterocycles. The van der Waals surface area contributed by atoms with Crippen LogP contribution in [0.3, 0.4) is 0 Å². The van der Waals surface area contributed by atoms with Crippen molar-refractivity contribution < 1.29 is 33.2 Å². The van der Waals surface area contributed by atoms with Crippen LogP contribution in [-0.2, 0) is 29.1 Å². The van der Waals surface area contributed by atoms with Gasteiger partial charge in [-0.05, 0) is 79.0 Å². The number of carbonyl (C=O) groups is 1. The molecule has 2 aromatic rings. The van der Waals surface area contributed by atoms with Gasteiger partial charge in [-0.3, -0.25) is 9.69 Å². The highest BCUT2D eigenvalue weighted by atomic mass is 16.6. The number of nitrogens with zero attached hydrogens (tertiary/aromatic N) is 1. The van der Waals surface area contributed by atoms with Crippen LogP contribution in [0.1, 0.15) is 49.0 Å².